The quantitative estimate of drug-likeness (QED) is 0.643. The summed E-state index contributed by atoms with van der Waals surface area (Å²) < 4.78 is 16.8. The summed E-state index contributed by atoms with van der Waals surface area (Å²) in [5.74, 6) is 1.56. The van der Waals surface area contributed by atoms with E-state index in [9.17, 15) is 4.21 Å². The third-order valence-corrected chi connectivity index (χ3v) is 4.50. The summed E-state index contributed by atoms with van der Waals surface area (Å²) >= 11 is 0. The molecule has 0 saturated heterocycles. The van der Waals surface area contributed by atoms with Gasteiger partial charge in [-0.3, -0.25) is 9.20 Å². The molecule has 5 nitrogen and oxygen atoms in total. The Morgan fingerprint density at radius 3 is 2.75 bits per heavy atom. The molecule has 0 bridgehead atoms. The molecule has 0 aliphatic rings. The lowest BCUT2D eigenvalue weighted by Gasteiger charge is -2.16. The summed E-state index contributed by atoms with van der Waals surface area (Å²) in [5.41, 5.74) is 6.60. The van der Waals surface area contributed by atoms with Crippen LogP contribution in [-0.2, 0) is 10.8 Å². The number of nitrogens with one attached hydrogen (secondary N) is 1. The molecule has 1 rings (SSSR count). The lowest BCUT2D eigenvalue weighted by molar-refractivity contribution is 0.415. The molecule has 0 aromatic heterocycles. The minimum Gasteiger partial charge on any atom is -0.497 e. The van der Waals surface area contributed by atoms with Gasteiger partial charge in [0.05, 0.1) is 13.7 Å². The molecule has 0 heterocycles. The SMILES string of the molecule is COc1cccc(NC(N)=NCCS(=O)C(C)(C)C)c1. The standard InChI is InChI=1S/C14H23N3O2S/c1-14(2,3)20(18)9-8-16-13(15)17-11-6-5-7-12(10-11)19-4/h5-7,10H,8-9H2,1-4H3,(H3,15,16,17). The van der Waals surface area contributed by atoms with Crippen LogP contribution >= 0.6 is 0 Å². The first kappa shape index (κ1) is 16.5. The first-order valence-electron chi connectivity index (χ1n) is 6.42. The summed E-state index contributed by atoms with van der Waals surface area (Å²) in [7, 11) is 0.694. The van der Waals surface area contributed by atoms with E-state index in [0.29, 0.717) is 18.3 Å². The normalized spacial score (nSPS) is 13.9. The van der Waals surface area contributed by atoms with E-state index in [2.05, 4.69) is 10.3 Å². The topological polar surface area (TPSA) is 76.7 Å². The molecule has 1 atom stereocenters. The minimum absolute atomic E-state index is 0.218. The summed E-state index contributed by atoms with van der Waals surface area (Å²) in [5, 5.41) is 2.98. The zero-order chi connectivity index (χ0) is 15.2. The monoisotopic (exact) mass is 297 g/mol. The van der Waals surface area contributed by atoms with Crippen LogP contribution in [0.4, 0.5) is 5.69 Å². The smallest absolute Gasteiger partial charge is 0.193 e. The number of ether oxygens (including phenoxy) is 1. The van der Waals surface area contributed by atoms with Crippen molar-refractivity contribution < 1.29 is 8.95 Å². The van der Waals surface area contributed by atoms with Gasteiger partial charge >= 0.3 is 0 Å². The molecule has 0 aliphatic heterocycles. The van der Waals surface area contributed by atoms with Gasteiger partial charge in [-0.15, -0.1) is 0 Å². The molecule has 1 unspecified atom stereocenters. The predicted molar refractivity (Wildman–Crippen MR) is 85.9 cm³/mol. The number of rotatable bonds is 5. The lowest BCUT2D eigenvalue weighted by atomic mass is 10.3. The largest absolute Gasteiger partial charge is 0.497 e. The van der Waals surface area contributed by atoms with Crippen LogP contribution in [0, 0.1) is 0 Å². The Balaban J connectivity index is 2.51. The Morgan fingerprint density at radius 2 is 2.15 bits per heavy atom. The third-order valence-electron chi connectivity index (χ3n) is 2.58. The number of hydrogen-bond donors (Lipinski definition) is 2. The van der Waals surface area contributed by atoms with Crippen LogP contribution in [-0.4, -0.2) is 34.3 Å². The van der Waals surface area contributed by atoms with E-state index in [4.69, 9.17) is 10.5 Å². The molecule has 0 saturated carbocycles. The van der Waals surface area contributed by atoms with Crippen LogP contribution in [0.5, 0.6) is 5.75 Å². The Morgan fingerprint density at radius 1 is 1.45 bits per heavy atom. The van der Waals surface area contributed by atoms with Crippen molar-refractivity contribution in [2.45, 2.75) is 25.5 Å². The van der Waals surface area contributed by atoms with Crippen molar-refractivity contribution in [1.82, 2.24) is 0 Å². The fraction of sp³-hybridized carbons (Fsp3) is 0.500. The first-order valence-corrected chi connectivity index (χ1v) is 7.74. The van der Waals surface area contributed by atoms with Gasteiger partial charge in [0.1, 0.15) is 5.75 Å². The number of guanidine groups is 1. The highest BCUT2D eigenvalue weighted by Crippen LogP contribution is 2.16. The van der Waals surface area contributed by atoms with E-state index in [1.807, 2.05) is 45.0 Å². The van der Waals surface area contributed by atoms with Crippen LogP contribution in [0.3, 0.4) is 0 Å². The fourth-order valence-corrected chi connectivity index (χ4v) is 2.31. The zero-order valence-electron chi connectivity index (χ0n) is 12.5. The van der Waals surface area contributed by atoms with E-state index >= 15 is 0 Å². The highest BCUT2D eigenvalue weighted by Gasteiger charge is 2.18. The van der Waals surface area contributed by atoms with Gasteiger partial charge in [-0.1, -0.05) is 6.07 Å². The van der Waals surface area contributed by atoms with Crippen LogP contribution in [0.15, 0.2) is 29.3 Å². The summed E-state index contributed by atoms with van der Waals surface area (Å²) in [6.07, 6.45) is 0. The van der Waals surface area contributed by atoms with Crippen molar-refractivity contribution in [3.63, 3.8) is 0 Å². The van der Waals surface area contributed by atoms with Gasteiger partial charge in [0.15, 0.2) is 5.96 Å². The predicted octanol–water partition coefficient (Wildman–Crippen LogP) is 1.97. The summed E-state index contributed by atoms with van der Waals surface area (Å²) in [4.78, 5) is 4.18. The molecule has 1 aromatic carbocycles. The van der Waals surface area contributed by atoms with E-state index in [1.54, 1.807) is 7.11 Å². The molecular formula is C14H23N3O2S. The van der Waals surface area contributed by atoms with Gasteiger partial charge < -0.3 is 15.8 Å². The second-order valence-corrected chi connectivity index (χ2v) is 7.61. The molecular weight excluding hydrogens is 274 g/mol. The number of methoxy groups -OCH3 is 1. The molecule has 112 valence electrons. The van der Waals surface area contributed by atoms with Crippen molar-refractivity contribution in [1.29, 1.82) is 0 Å². The fourth-order valence-electron chi connectivity index (χ4n) is 1.44. The lowest BCUT2D eigenvalue weighted by Crippen LogP contribution is -2.27. The van der Waals surface area contributed by atoms with Crippen molar-refractivity contribution in [2.75, 3.05) is 24.7 Å². The first-order chi connectivity index (χ1) is 9.32. The number of nitrogens with two attached hydrogens (primary N) is 1. The van der Waals surface area contributed by atoms with Gasteiger partial charge in [0.2, 0.25) is 0 Å². The molecule has 0 radical (unpaired) electrons. The van der Waals surface area contributed by atoms with Crippen molar-refractivity contribution in [3.05, 3.63) is 24.3 Å². The van der Waals surface area contributed by atoms with E-state index in [-0.39, 0.29) is 4.75 Å². The van der Waals surface area contributed by atoms with E-state index in [0.717, 1.165) is 11.4 Å². The van der Waals surface area contributed by atoms with E-state index < -0.39 is 10.8 Å². The maximum absolute atomic E-state index is 11.9. The number of anilines is 1. The number of nitrogens with zero attached hydrogens (tertiary/aromatic N) is 1. The van der Waals surface area contributed by atoms with Gasteiger partial charge in [0.25, 0.3) is 0 Å². The van der Waals surface area contributed by atoms with Crippen LogP contribution in [0.2, 0.25) is 0 Å². The maximum Gasteiger partial charge on any atom is 0.193 e. The molecule has 0 amide bonds. The van der Waals surface area contributed by atoms with Gasteiger partial charge in [0, 0.05) is 33.1 Å². The number of hydrogen-bond acceptors (Lipinski definition) is 3. The molecule has 20 heavy (non-hydrogen) atoms. The van der Waals surface area contributed by atoms with Crippen molar-refractivity contribution >= 4 is 22.4 Å². The number of benzene rings is 1. The van der Waals surface area contributed by atoms with Gasteiger partial charge in [-0.2, -0.15) is 0 Å². The third kappa shape index (κ3) is 5.61. The van der Waals surface area contributed by atoms with Crippen LogP contribution in [0.25, 0.3) is 0 Å². The molecule has 6 heteroatoms. The Kier molecular flexibility index (Phi) is 6.01. The molecule has 0 spiro atoms. The highest BCUT2D eigenvalue weighted by atomic mass is 32.2. The molecule has 0 aliphatic carbocycles. The highest BCUT2D eigenvalue weighted by molar-refractivity contribution is 7.86. The summed E-state index contributed by atoms with van der Waals surface area (Å²) in [6, 6.07) is 7.42. The van der Waals surface area contributed by atoms with Crippen molar-refractivity contribution in [2.24, 2.45) is 10.7 Å². The summed E-state index contributed by atoms with van der Waals surface area (Å²) in [6.45, 7) is 6.28. The maximum atomic E-state index is 11.9. The Labute approximate surface area is 123 Å². The van der Waals surface area contributed by atoms with Crippen LogP contribution < -0.4 is 15.8 Å². The van der Waals surface area contributed by atoms with Gasteiger partial charge in [-0.05, 0) is 32.9 Å². The minimum atomic E-state index is -0.916. The van der Waals surface area contributed by atoms with E-state index in [1.165, 1.54) is 0 Å². The molecule has 1 aromatic rings. The average Bonchev–Trinajstić information content (AvgIpc) is 2.37. The van der Waals surface area contributed by atoms with Crippen molar-refractivity contribution in [3.8, 4) is 5.75 Å². The zero-order valence-corrected chi connectivity index (χ0v) is 13.3. The molecule has 0 fully saturated rings. The molecule has 3 N–H and O–H groups in total. The second kappa shape index (κ2) is 7.28. The average molecular weight is 297 g/mol. The second-order valence-electron chi connectivity index (χ2n) is 5.29. The Bertz CT molecular complexity index is 495. The van der Waals surface area contributed by atoms with Crippen LogP contribution in [0.1, 0.15) is 20.8 Å². The Hall–Kier alpha value is -1.56. The number of aliphatic imine (C=N–C) groups is 1. The van der Waals surface area contributed by atoms with Gasteiger partial charge in [-0.25, -0.2) is 0 Å².